The van der Waals surface area contributed by atoms with Gasteiger partial charge in [-0.15, -0.1) is 0 Å². The predicted octanol–water partition coefficient (Wildman–Crippen LogP) is 4.02. The van der Waals surface area contributed by atoms with Gasteiger partial charge in [0.2, 0.25) is 21.8 Å². The van der Waals surface area contributed by atoms with Crippen molar-refractivity contribution in [2.75, 3.05) is 17.1 Å². The average molecular weight is 500 g/mol. The maximum atomic E-state index is 13.7. The molecule has 1 fully saturated rings. The zero-order valence-electron chi connectivity index (χ0n) is 20.9. The zero-order chi connectivity index (χ0) is 25.4. The predicted molar refractivity (Wildman–Crippen MR) is 139 cm³/mol. The third-order valence-corrected chi connectivity index (χ3v) is 7.67. The minimum Gasteiger partial charge on any atom is -0.352 e. The van der Waals surface area contributed by atoms with Crippen molar-refractivity contribution in [1.29, 1.82) is 0 Å². The van der Waals surface area contributed by atoms with E-state index in [0.29, 0.717) is 12.1 Å². The highest BCUT2D eigenvalue weighted by atomic mass is 32.2. The van der Waals surface area contributed by atoms with Gasteiger partial charge in [-0.1, -0.05) is 74.2 Å². The van der Waals surface area contributed by atoms with E-state index in [9.17, 15) is 18.0 Å². The van der Waals surface area contributed by atoms with E-state index < -0.39 is 22.0 Å². The van der Waals surface area contributed by atoms with Gasteiger partial charge in [0.05, 0.1) is 11.9 Å². The lowest BCUT2D eigenvalue weighted by Crippen LogP contribution is -2.53. The molecule has 3 rings (SSSR count). The largest absolute Gasteiger partial charge is 0.352 e. The van der Waals surface area contributed by atoms with Crippen LogP contribution in [0.1, 0.15) is 56.6 Å². The van der Waals surface area contributed by atoms with Crippen LogP contribution in [0.5, 0.6) is 0 Å². The number of amides is 2. The Morgan fingerprint density at radius 1 is 1.00 bits per heavy atom. The lowest BCUT2D eigenvalue weighted by Gasteiger charge is -2.34. The van der Waals surface area contributed by atoms with Crippen molar-refractivity contribution in [3.05, 3.63) is 65.7 Å². The second-order valence-corrected chi connectivity index (χ2v) is 11.3. The molecule has 0 unspecified atom stereocenters. The standard InChI is InChI=1S/C27H37N3O4S/c1-4-25(27(32)28-23-11-7-5-8-12-23)29(19-22-17-15-21(2)16-18-22)26(31)20-30(35(3,33)34)24-13-9-6-10-14-24/h6,9-10,13-18,23,25H,4-5,7-8,11-12,19-20H2,1-3H3,(H,28,32)/t25-/m0/s1. The van der Waals surface area contributed by atoms with Crippen LogP contribution in [0.3, 0.4) is 0 Å². The van der Waals surface area contributed by atoms with E-state index in [1.165, 1.54) is 11.3 Å². The van der Waals surface area contributed by atoms with Crippen molar-refractivity contribution in [1.82, 2.24) is 10.2 Å². The topological polar surface area (TPSA) is 86.8 Å². The summed E-state index contributed by atoms with van der Waals surface area (Å²) in [4.78, 5) is 28.6. The maximum Gasteiger partial charge on any atom is 0.244 e. The molecule has 1 N–H and O–H groups in total. The Bertz CT molecular complexity index is 1080. The first kappa shape index (κ1) is 26.7. The molecule has 190 valence electrons. The summed E-state index contributed by atoms with van der Waals surface area (Å²) < 4.78 is 26.3. The Labute approximate surface area is 209 Å². The Morgan fingerprint density at radius 2 is 1.63 bits per heavy atom. The number of nitrogens with one attached hydrogen (secondary N) is 1. The molecule has 1 saturated carbocycles. The summed E-state index contributed by atoms with van der Waals surface area (Å²) in [5, 5.41) is 3.15. The molecule has 1 atom stereocenters. The van der Waals surface area contributed by atoms with E-state index in [0.717, 1.165) is 47.4 Å². The molecule has 0 spiro atoms. The molecule has 0 radical (unpaired) electrons. The summed E-state index contributed by atoms with van der Waals surface area (Å²) in [7, 11) is -3.72. The van der Waals surface area contributed by atoms with Gasteiger partial charge in [-0.3, -0.25) is 13.9 Å². The number of rotatable bonds is 10. The van der Waals surface area contributed by atoms with E-state index in [4.69, 9.17) is 0 Å². The Kier molecular flexibility index (Phi) is 9.32. The summed E-state index contributed by atoms with van der Waals surface area (Å²) in [6.07, 6.45) is 6.78. The highest BCUT2D eigenvalue weighted by Gasteiger charge is 2.32. The van der Waals surface area contributed by atoms with E-state index >= 15 is 0 Å². The van der Waals surface area contributed by atoms with E-state index in [1.54, 1.807) is 30.3 Å². The number of benzene rings is 2. The van der Waals surface area contributed by atoms with Crippen LogP contribution >= 0.6 is 0 Å². The highest BCUT2D eigenvalue weighted by Crippen LogP contribution is 2.21. The minimum atomic E-state index is -3.72. The van der Waals surface area contributed by atoms with E-state index in [2.05, 4.69) is 5.32 Å². The maximum absolute atomic E-state index is 13.7. The molecule has 2 aromatic carbocycles. The quantitative estimate of drug-likeness (QED) is 0.535. The van der Waals surface area contributed by atoms with Gasteiger partial charge in [-0.25, -0.2) is 8.42 Å². The Hall–Kier alpha value is -2.87. The summed E-state index contributed by atoms with van der Waals surface area (Å²) in [6, 6.07) is 15.8. The van der Waals surface area contributed by atoms with Crippen LogP contribution in [0.15, 0.2) is 54.6 Å². The van der Waals surface area contributed by atoms with Gasteiger partial charge in [0.25, 0.3) is 0 Å². The molecule has 0 heterocycles. The fourth-order valence-electron chi connectivity index (χ4n) is 4.56. The zero-order valence-corrected chi connectivity index (χ0v) is 21.8. The van der Waals surface area contributed by atoms with Crippen LogP contribution in [0, 0.1) is 6.92 Å². The number of hydrogen-bond acceptors (Lipinski definition) is 4. The molecular weight excluding hydrogens is 462 g/mol. The molecular formula is C27H37N3O4S. The van der Waals surface area contributed by atoms with Crippen LogP contribution < -0.4 is 9.62 Å². The van der Waals surface area contributed by atoms with E-state index in [1.807, 2.05) is 38.1 Å². The van der Waals surface area contributed by atoms with Crippen LogP contribution in [0.2, 0.25) is 0 Å². The normalized spacial score (nSPS) is 15.3. The third-order valence-electron chi connectivity index (χ3n) is 6.53. The van der Waals surface area contributed by atoms with Crippen molar-refractivity contribution >= 4 is 27.5 Å². The number of aryl methyl sites for hydroxylation is 1. The SMILES string of the molecule is CC[C@@H](C(=O)NC1CCCCC1)N(Cc1ccc(C)cc1)C(=O)CN(c1ccccc1)S(C)(=O)=O. The van der Waals surface area contributed by atoms with Crippen LogP contribution in [0.4, 0.5) is 5.69 Å². The molecule has 0 saturated heterocycles. The van der Waals surface area contributed by atoms with Gasteiger partial charge in [0, 0.05) is 12.6 Å². The lowest BCUT2D eigenvalue weighted by atomic mass is 9.95. The van der Waals surface area contributed by atoms with Crippen molar-refractivity contribution in [3.63, 3.8) is 0 Å². The number of hydrogen-bond donors (Lipinski definition) is 1. The third kappa shape index (κ3) is 7.56. The molecule has 2 amide bonds. The molecule has 0 bridgehead atoms. The summed E-state index contributed by atoms with van der Waals surface area (Å²) in [5.41, 5.74) is 2.40. The highest BCUT2D eigenvalue weighted by molar-refractivity contribution is 7.92. The Morgan fingerprint density at radius 3 is 2.20 bits per heavy atom. The second-order valence-electron chi connectivity index (χ2n) is 9.38. The van der Waals surface area contributed by atoms with Gasteiger partial charge < -0.3 is 10.2 Å². The number of para-hydroxylation sites is 1. The molecule has 8 heteroatoms. The van der Waals surface area contributed by atoms with Gasteiger partial charge in [-0.2, -0.15) is 0 Å². The lowest BCUT2D eigenvalue weighted by molar-refractivity contribution is -0.140. The molecule has 0 aromatic heterocycles. The van der Waals surface area contributed by atoms with Crippen LogP contribution in [-0.2, 0) is 26.2 Å². The average Bonchev–Trinajstić information content (AvgIpc) is 2.84. The van der Waals surface area contributed by atoms with E-state index in [-0.39, 0.29) is 25.0 Å². The fraction of sp³-hybridized carbons (Fsp3) is 0.481. The first-order chi connectivity index (χ1) is 16.7. The van der Waals surface area contributed by atoms with Crippen molar-refractivity contribution in [2.24, 2.45) is 0 Å². The molecule has 35 heavy (non-hydrogen) atoms. The second kappa shape index (κ2) is 12.2. The smallest absolute Gasteiger partial charge is 0.244 e. The van der Waals surface area contributed by atoms with Crippen molar-refractivity contribution in [2.45, 2.75) is 71.0 Å². The summed E-state index contributed by atoms with van der Waals surface area (Å²) >= 11 is 0. The Balaban J connectivity index is 1.88. The van der Waals surface area contributed by atoms with Gasteiger partial charge in [0.1, 0.15) is 12.6 Å². The number of anilines is 1. The summed E-state index contributed by atoms with van der Waals surface area (Å²) in [5.74, 6) is -0.587. The van der Waals surface area contributed by atoms with Gasteiger partial charge in [0.15, 0.2) is 0 Å². The molecule has 1 aliphatic carbocycles. The van der Waals surface area contributed by atoms with Gasteiger partial charge >= 0.3 is 0 Å². The number of carbonyl (C=O) groups is 2. The summed E-state index contributed by atoms with van der Waals surface area (Å²) in [6.45, 7) is 3.72. The molecule has 1 aliphatic rings. The van der Waals surface area contributed by atoms with Crippen molar-refractivity contribution < 1.29 is 18.0 Å². The van der Waals surface area contributed by atoms with Crippen LogP contribution in [0.25, 0.3) is 0 Å². The molecule has 7 nitrogen and oxygen atoms in total. The first-order valence-electron chi connectivity index (χ1n) is 12.4. The monoisotopic (exact) mass is 499 g/mol. The van der Waals surface area contributed by atoms with Crippen molar-refractivity contribution in [3.8, 4) is 0 Å². The number of nitrogens with zero attached hydrogens (tertiary/aromatic N) is 2. The van der Waals surface area contributed by atoms with Gasteiger partial charge in [-0.05, 0) is 43.9 Å². The molecule has 0 aliphatic heterocycles. The van der Waals surface area contributed by atoms with Crippen LogP contribution in [-0.4, -0.2) is 50.0 Å². The fourth-order valence-corrected chi connectivity index (χ4v) is 5.41. The number of carbonyl (C=O) groups excluding carboxylic acids is 2. The number of sulfonamides is 1. The minimum absolute atomic E-state index is 0.124. The first-order valence-corrected chi connectivity index (χ1v) is 14.2. The molecule has 2 aromatic rings.